The number of anilines is 3. The molecular weight excluding hydrogens is 480 g/mol. The Hall–Kier alpha value is -3.54. The molecule has 4 rings (SSSR count). The number of hydrogen-bond acceptors (Lipinski definition) is 6. The van der Waals surface area contributed by atoms with Crippen molar-refractivity contribution >= 4 is 34.1 Å². The van der Waals surface area contributed by atoms with E-state index in [1.165, 1.54) is 19.2 Å². The summed E-state index contributed by atoms with van der Waals surface area (Å²) < 4.78 is 60.7. The highest BCUT2D eigenvalue weighted by Crippen LogP contribution is 2.39. The van der Waals surface area contributed by atoms with Crippen LogP contribution in [0.2, 0.25) is 0 Å². The van der Waals surface area contributed by atoms with Crippen molar-refractivity contribution in [1.29, 1.82) is 0 Å². The summed E-state index contributed by atoms with van der Waals surface area (Å²) in [5.74, 6) is -0.961. The summed E-state index contributed by atoms with van der Waals surface area (Å²) in [4.78, 5) is 21.7. The van der Waals surface area contributed by atoms with Crippen molar-refractivity contribution in [2.75, 3.05) is 44.4 Å². The first-order chi connectivity index (χ1) is 17.1. The van der Waals surface area contributed by atoms with Gasteiger partial charge in [0.15, 0.2) is 0 Å². The molecule has 8 nitrogen and oxygen atoms in total. The molecule has 1 fully saturated rings. The van der Waals surface area contributed by atoms with Crippen LogP contribution in [-0.2, 0) is 6.18 Å². The number of H-pyrrole nitrogens is 1. The Morgan fingerprint density at radius 3 is 2.58 bits per heavy atom. The highest BCUT2D eigenvalue weighted by molar-refractivity contribution is 5.97. The first-order valence-corrected chi connectivity index (χ1v) is 11.6. The van der Waals surface area contributed by atoms with Crippen molar-refractivity contribution in [3.05, 3.63) is 41.3 Å². The van der Waals surface area contributed by atoms with E-state index in [2.05, 4.69) is 30.8 Å². The molecule has 0 atom stereocenters. The van der Waals surface area contributed by atoms with Crippen LogP contribution in [0.5, 0.6) is 5.75 Å². The molecule has 36 heavy (non-hydrogen) atoms. The molecule has 0 aliphatic carbocycles. The van der Waals surface area contributed by atoms with E-state index < -0.39 is 23.5 Å². The fourth-order valence-electron chi connectivity index (χ4n) is 4.30. The zero-order valence-electron chi connectivity index (χ0n) is 20.1. The van der Waals surface area contributed by atoms with Crippen LogP contribution in [-0.4, -0.2) is 60.6 Å². The molecule has 0 radical (unpaired) electrons. The lowest BCUT2D eigenvalue weighted by atomic mass is 10.0. The van der Waals surface area contributed by atoms with Crippen molar-refractivity contribution < 1.29 is 27.1 Å². The lowest BCUT2D eigenvalue weighted by molar-refractivity contribution is -0.136. The summed E-state index contributed by atoms with van der Waals surface area (Å²) in [7, 11) is 3.38. The predicted octanol–water partition coefficient (Wildman–Crippen LogP) is 4.73. The zero-order chi connectivity index (χ0) is 26.0. The maximum Gasteiger partial charge on any atom is 0.418 e. The number of piperidine rings is 1. The van der Waals surface area contributed by atoms with Crippen LogP contribution in [0.1, 0.15) is 35.7 Å². The van der Waals surface area contributed by atoms with E-state index in [1.807, 2.05) is 7.05 Å². The van der Waals surface area contributed by atoms with E-state index in [9.17, 15) is 22.4 Å². The van der Waals surface area contributed by atoms with Gasteiger partial charge in [0.05, 0.1) is 29.3 Å². The number of carbonyl (C=O) groups is 1. The van der Waals surface area contributed by atoms with E-state index in [0.717, 1.165) is 38.2 Å². The average Bonchev–Trinajstić information content (AvgIpc) is 3.26. The van der Waals surface area contributed by atoms with Gasteiger partial charge in [0.1, 0.15) is 23.0 Å². The monoisotopic (exact) mass is 508 g/mol. The van der Waals surface area contributed by atoms with Gasteiger partial charge in [-0.15, -0.1) is 0 Å². The predicted molar refractivity (Wildman–Crippen MR) is 129 cm³/mol. The number of rotatable bonds is 7. The van der Waals surface area contributed by atoms with Gasteiger partial charge in [-0.3, -0.25) is 4.79 Å². The molecular formula is C24H28F4N6O2. The maximum absolute atomic E-state index is 15.0. The number of ether oxygens (including phenoxy) is 1. The Balaban J connectivity index is 1.62. The summed E-state index contributed by atoms with van der Waals surface area (Å²) in [6, 6.07) is 3.77. The zero-order valence-corrected chi connectivity index (χ0v) is 20.1. The Labute approximate surface area is 205 Å². The number of aromatic nitrogens is 2. The van der Waals surface area contributed by atoms with Gasteiger partial charge in [-0.2, -0.15) is 13.2 Å². The standard InChI is InChI=1S/C24H28F4N6O2/c1-4-29-18-11-20(33-22-21(18)15(12-30-22)24(26,27)28)32-17-10-16(25)14(9-19(17)36-3)23(35)31-13-5-7-34(2)8-6-13/h9-13H,4-8H2,1-3H3,(H,31,35)(H3,29,30,32,33). The van der Waals surface area contributed by atoms with Crippen molar-refractivity contribution in [1.82, 2.24) is 20.2 Å². The molecule has 194 valence electrons. The number of pyridine rings is 1. The Kier molecular flexibility index (Phi) is 7.25. The van der Waals surface area contributed by atoms with Crippen LogP contribution in [0.4, 0.5) is 34.8 Å². The summed E-state index contributed by atoms with van der Waals surface area (Å²) in [5.41, 5.74) is -0.602. The van der Waals surface area contributed by atoms with Gasteiger partial charge in [-0.25, -0.2) is 9.37 Å². The van der Waals surface area contributed by atoms with Crippen molar-refractivity contribution in [3.8, 4) is 5.75 Å². The summed E-state index contributed by atoms with van der Waals surface area (Å²) in [5, 5.41) is 8.61. The number of nitrogens with one attached hydrogen (secondary N) is 4. The number of carbonyl (C=O) groups excluding carboxylic acids is 1. The van der Waals surface area contributed by atoms with Gasteiger partial charge < -0.3 is 30.6 Å². The third-order valence-corrected chi connectivity index (χ3v) is 6.16. The second-order valence-corrected chi connectivity index (χ2v) is 8.72. The molecule has 1 amide bonds. The fraction of sp³-hybridized carbons (Fsp3) is 0.417. The number of aromatic amines is 1. The Morgan fingerprint density at radius 2 is 1.94 bits per heavy atom. The fourth-order valence-corrected chi connectivity index (χ4v) is 4.30. The maximum atomic E-state index is 15.0. The number of hydrogen-bond donors (Lipinski definition) is 4. The molecule has 3 heterocycles. The minimum atomic E-state index is -4.56. The number of fused-ring (bicyclic) bond motifs is 1. The van der Waals surface area contributed by atoms with Crippen LogP contribution in [0.25, 0.3) is 11.0 Å². The molecule has 0 bridgehead atoms. The molecule has 0 saturated carbocycles. The SMILES string of the molecule is CCNc1cc(Nc2cc(F)c(C(=O)NC3CCN(C)CC3)cc2OC)nc2[nH]cc(C(F)(F)F)c12. The number of benzene rings is 1. The average molecular weight is 509 g/mol. The molecule has 2 aromatic heterocycles. The highest BCUT2D eigenvalue weighted by atomic mass is 19.4. The van der Waals surface area contributed by atoms with Crippen molar-refractivity contribution in [2.24, 2.45) is 0 Å². The summed E-state index contributed by atoms with van der Waals surface area (Å²) in [6.45, 7) is 3.82. The van der Waals surface area contributed by atoms with Crippen LogP contribution >= 0.6 is 0 Å². The quantitative estimate of drug-likeness (QED) is 0.345. The van der Waals surface area contributed by atoms with Gasteiger partial charge in [-0.1, -0.05) is 0 Å². The lowest BCUT2D eigenvalue weighted by Gasteiger charge is -2.29. The van der Waals surface area contributed by atoms with E-state index >= 15 is 0 Å². The van der Waals surface area contributed by atoms with E-state index in [1.54, 1.807) is 6.92 Å². The van der Waals surface area contributed by atoms with Crippen LogP contribution < -0.4 is 20.7 Å². The van der Waals surface area contributed by atoms with Crippen LogP contribution in [0, 0.1) is 5.82 Å². The number of nitrogens with zero attached hydrogens (tertiary/aromatic N) is 2. The minimum absolute atomic E-state index is 0.0110. The number of likely N-dealkylation sites (tertiary alicyclic amines) is 1. The molecule has 0 unspecified atom stereocenters. The van der Waals surface area contributed by atoms with E-state index in [4.69, 9.17) is 4.74 Å². The highest BCUT2D eigenvalue weighted by Gasteiger charge is 2.35. The van der Waals surface area contributed by atoms with Gasteiger partial charge >= 0.3 is 6.18 Å². The topological polar surface area (TPSA) is 94.3 Å². The molecule has 3 aromatic rings. The normalized spacial score (nSPS) is 15.2. The van der Waals surface area contributed by atoms with Gasteiger partial charge in [0, 0.05) is 36.6 Å². The lowest BCUT2D eigenvalue weighted by Crippen LogP contribution is -2.43. The number of alkyl halides is 3. The third-order valence-electron chi connectivity index (χ3n) is 6.16. The number of methoxy groups -OCH3 is 1. The summed E-state index contributed by atoms with van der Waals surface area (Å²) in [6.07, 6.45) is -2.15. The molecule has 1 saturated heterocycles. The molecule has 4 N–H and O–H groups in total. The Morgan fingerprint density at radius 1 is 1.22 bits per heavy atom. The molecule has 1 aliphatic heterocycles. The van der Waals surface area contributed by atoms with Crippen molar-refractivity contribution in [2.45, 2.75) is 32.0 Å². The first-order valence-electron chi connectivity index (χ1n) is 11.6. The third kappa shape index (κ3) is 5.32. The van der Waals surface area contributed by atoms with Crippen LogP contribution in [0.15, 0.2) is 24.4 Å². The molecule has 12 heteroatoms. The summed E-state index contributed by atoms with van der Waals surface area (Å²) >= 11 is 0. The van der Waals surface area contributed by atoms with Gasteiger partial charge in [-0.05, 0) is 46.0 Å². The largest absolute Gasteiger partial charge is 0.495 e. The molecule has 1 aromatic carbocycles. The first kappa shape index (κ1) is 25.5. The van der Waals surface area contributed by atoms with E-state index in [-0.39, 0.29) is 45.6 Å². The minimum Gasteiger partial charge on any atom is -0.495 e. The van der Waals surface area contributed by atoms with Gasteiger partial charge in [0.25, 0.3) is 5.91 Å². The molecule has 1 aliphatic rings. The van der Waals surface area contributed by atoms with E-state index in [0.29, 0.717) is 6.54 Å². The second-order valence-electron chi connectivity index (χ2n) is 8.72. The van der Waals surface area contributed by atoms with Crippen molar-refractivity contribution in [3.63, 3.8) is 0 Å². The van der Waals surface area contributed by atoms with Gasteiger partial charge in [0.2, 0.25) is 0 Å². The smallest absolute Gasteiger partial charge is 0.418 e. The Bertz CT molecular complexity index is 1250. The van der Waals surface area contributed by atoms with Crippen LogP contribution in [0.3, 0.4) is 0 Å². The molecule has 0 spiro atoms. The number of halogens is 4. The second kappa shape index (κ2) is 10.2. The number of amides is 1.